The van der Waals surface area contributed by atoms with Gasteiger partial charge in [-0.3, -0.25) is 9.59 Å². The Bertz CT molecular complexity index is 1150. The Morgan fingerprint density at radius 3 is 2.22 bits per heavy atom. The molecule has 0 aliphatic rings. The number of halogens is 2. The molecule has 164 valence electrons. The van der Waals surface area contributed by atoms with Gasteiger partial charge in [0.25, 0.3) is 11.8 Å². The van der Waals surface area contributed by atoms with Crippen LogP contribution >= 0.6 is 0 Å². The van der Waals surface area contributed by atoms with Gasteiger partial charge in [0.15, 0.2) is 18.2 Å². The van der Waals surface area contributed by atoms with E-state index in [9.17, 15) is 23.2 Å². The van der Waals surface area contributed by atoms with Gasteiger partial charge in [-0.15, -0.1) is 0 Å². The van der Waals surface area contributed by atoms with Crippen LogP contribution in [0.25, 0.3) is 0 Å². The molecule has 32 heavy (non-hydrogen) atoms. The van der Waals surface area contributed by atoms with Crippen LogP contribution in [0.3, 0.4) is 0 Å². The molecule has 0 bridgehead atoms. The fraction of sp³-hybridized carbons (Fsp3) is 0.0870. The highest BCUT2D eigenvalue weighted by Gasteiger charge is 2.14. The molecule has 0 heterocycles. The molecule has 2 N–H and O–H groups in total. The van der Waals surface area contributed by atoms with Crippen molar-refractivity contribution in [2.45, 2.75) is 0 Å². The summed E-state index contributed by atoms with van der Waals surface area (Å²) in [6.07, 6.45) is 0. The fourth-order valence-electron chi connectivity index (χ4n) is 2.68. The zero-order valence-corrected chi connectivity index (χ0v) is 16.9. The third-order valence-electron chi connectivity index (χ3n) is 4.28. The molecule has 0 saturated heterocycles. The van der Waals surface area contributed by atoms with Crippen LogP contribution in [-0.4, -0.2) is 31.5 Å². The zero-order chi connectivity index (χ0) is 23.1. The lowest BCUT2D eigenvalue weighted by Gasteiger charge is -2.10. The predicted molar refractivity (Wildman–Crippen MR) is 113 cm³/mol. The van der Waals surface area contributed by atoms with E-state index in [1.165, 1.54) is 31.4 Å². The Labute approximate surface area is 182 Å². The minimum absolute atomic E-state index is 0.220. The van der Waals surface area contributed by atoms with Crippen LogP contribution in [0.15, 0.2) is 66.7 Å². The zero-order valence-electron chi connectivity index (χ0n) is 16.9. The molecule has 0 aliphatic carbocycles. The first-order valence-electron chi connectivity index (χ1n) is 9.34. The number of carbonyl (C=O) groups is 3. The van der Waals surface area contributed by atoms with Gasteiger partial charge in [0.1, 0.15) is 5.75 Å². The van der Waals surface area contributed by atoms with Gasteiger partial charge in [0, 0.05) is 11.3 Å². The van der Waals surface area contributed by atoms with E-state index >= 15 is 0 Å². The maximum absolute atomic E-state index is 13.2. The second-order valence-corrected chi connectivity index (χ2v) is 6.48. The van der Waals surface area contributed by atoms with Crippen molar-refractivity contribution in [2.24, 2.45) is 0 Å². The number of hydrogen-bond donors (Lipinski definition) is 2. The molecule has 0 radical (unpaired) electrons. The molecule has 2 amide bonds. The maximum atomic E-state index is 13.2. The van der Waals surface area contributed by atoms with E-state index in [1.807, 2.05) is 0 Å². The average molecular weight is 440 g/mol. The first-order valence-corrected chi connectivity index (χ1v) is 9.34. The Kier molecular flexibility index (Phi) is 7.12. The Morgan fingerprint density at radius 2 is 1.53 bits per heavy atom. The number of carbonyl (C=O) groups excluding carboxylic acids is 3. The van der Waals surface area contributed by atoms with Crippen LogP contribution in [0.1, 0.15) is 20.7 Å². The molecule has 7 nitrogen and oxygen atoms in total. The van der Waals surface area contributed by atoms with Crippen molar-refractivity contribution >= 4 is 29.2 Å². The highest BCUT2D eigenvalue weighted by atomic mass is 19.2. The molecule has 0 spiro atoms. The average Bonchev–Trinajstić information content (AvgIpc) is 2.80. The molecule has 0 saturated carbocycles. The van der Waals surface area contributed by atoms with Crippen molar-refractivity contribution in [2.75, 3.05) is 24.4 Å². The second-order valence-electron chi connectivity index (χ2n) is 6.48. The minimum atomic E-state index is -1.20. The van der Waals surface area contributed by atoms with Gasteiger partial charge in [0.2, 0.25) is 0 Å². The van der Waals surface area contributed by atoms with E-state index in [4.69, 9.17) is 9.47 Å². The summed E-state index contributed by atoms with van der Waals surface area (Å²) in [5.41, 5.74) is 1.01. The summed E-state index contributed by atoms with van der Waals surface area (Å²) < 4.78 is 36.1. The van der Waals surface area contributed by atoms with Crippen LogP contribution in [0.4, 0.5) is 20.2 Å². The molecule has 3 rings (SSSR count). The molecule has 3 aromatic rings. The summed E-state index contributed by atoms with van der Waals surface area (Å²) in [6.45, 7) is -0.631. The van der Waals surface area contributed by atoms with E-state index in [2.05, 4.69) is 10.6 Å². The first-order chi connectivity index (χ1) is 15.4. The number of methoxy groups -OCH3 is 1. The van der Waals surface area contributed by atoms with Crippen LogP contribution < -0.4 is 15.4 Å². The number of ether oxygens (including phenoxy) is 2. The number of benzene rings is 3. The summed E-state index contributed by atoms with van der Waals surface area (Å²) in [7, 11) is 1.50. The Hall–Kier alpha value is -4.27. The lowest BCUT2D eigenvalue weighted by molar-refractivity contribution is -0.119. The third kappa shape index (κ3) is 5.66. The molecular weight excluding hydrogens is 422 g/mol. The summed E-state index contributed by atoms with van der Waals surface area (Å²) in [5, 5.41) is 5.24. The van der Waals surface area contributed by atoms with Crippen molar-refractivity contribution in [1.82, 2.24) is 0 Å². The second kappa shape index (κ2) is 10.2. The van der Waals surface area contributed by atoms with Gasteiger partial charge in [-0.05, 0) is 54.6 Å². The van der Waals surface area contributed by atoms with Gasteiger partial charge in [-0.2, -0.15) is 0 Å². The van der Waals surface area contributed by atoms with Crippen LogP contribution in [0.5, 0.6) is 5.75 Å². The number of anilines is 2. The molecule has 0 aromatic heterocycles. The van der Waals surface area contributed by atoms with Gasteiger partial charge in [-0.1, -0.05) is 12.1 Å². The highest BCUT2D eigenvalue weighted by molar-refractivity contribution is 6.05. The predicted octanol–water partition coefficient (Wildman–Crippen LogP) is 4.02. The normalized spacial score (nSPS) is 10.2. The number of amides is 2. The van der Waals surface area contributed by atoms with Crippen molar-refractivity contribution in [1.29, 1.82) is 0 Å². The Balaban J connectivity index is 1.53. The van der Waals surface area contributed by atoms with E-state index in [0.717, 1.165) is 12.1 Å². The standard InChI is InChI=1S/C23H18F2N2O5/c1-31-20-5-3-2-4-19(20)27-22(29)14-6-9-16(10-7-14)26-21(28)13-32-23(30)15-8-11-17(24)18(25)12-15/h2-12H,13H2,1H3,(H,26,28)(H,27,29). The number of para-hydroxylation sites is 2. The van der Waals surface area contributed by atoms with Crippen LogP contribution in [0, 0.1) is 11.6 Å². The molecular formula is C23H18F2N2O5. The SMILES string of the molecule is COc1ccccc1NC(=O)c1ccc(NC(=O)COC(=O)c2ccc(F)c(F)c2)cc1. The molecule has 0 unspecified atom stereocenters. The molecule has 0 aliphatic heterocycles. The topological polar surface area (TPSA) is 93.7 Å². The van der Waals surface area contributed by atoms with E-state index in [0.29, 0.717) is 28.8 Å². The quantitative estimate of drug-likeness (QED) is 0.542. The van der Waals surface area contributed by atoms with Gasteiger partial charge >= 0.3 is 5.97 Å². The Morgan fingerprint density at radius 1 is 0.844 bits per heavy atom. The lowest BCUT2D eigenvalue weighted by Crippen LogP contribution is -2.21. The number of hydrogen-bond acceptors (Lipinski definition) is 5. The van der Waals surface area contributed by atoms with Crippen molar-refractivity contribution in [3.8, 4) is 5.75 Å². The number of nitrogens with one attached hydrogen (secondary N) is 2. The van der Waals surface area contributed by atoms with Crippen molar-refractivity contribution in [3.05, 3.63) is 89.5 Å². The van der Waals surface area contributed by atoms with Crippen LogP contribution in [-0.2, 0) is 9.53 Å². The largest absolute Gasteiger partial charge is 0.495 e. The molecule has 9 heteroatoms. The maximum Gasteiger partial charge on any atom is 0.338 e. The van der Waals surface area contributed by atoms with Crippen molar-refractivity contribution in [3.63, 3.8) is 0 Å². The van der Waals surface area contributed by atoms with Gasteiger partial charge < -0.3 is 20.1 Å². The molecule has 0 fully saturated rings. The summed E-state index contributed by atoms with van der Waals surface area (Å²) >= 11 is 0. The smallest absolute Gasteiger partial charge is 0.338 e. The summed E-state index contributed by atoms with van der Waals surface area (Å²) in [6, 6.07) is 15.5. The van der Waals surface area contributed by atoms with Gasteiger partial charge in [0.05, 0.1) is 18.4 Å². The minimum Gasteiger partial charge on any atom is -0.495 e. The number of esters is 1. The number of rotatable bonds is 7. The monoisotopic (exact) mass is 440 g/mol. The van der Waals surface area contributed by atoms with E-state index < -0.39 is 30.1 Å². The fourth-order valence-corrected chi connectivity index (χ4v) is 2.68. The van der Waals surface area contributed by atoms with E-state index in [-0.39, 0.29) is 11.5 Å². The first kappa shape index (κ1) is 22.4. The molecule has 3 aromatic carbocycles. The summed E-state index contributed by atoms with van der Waals surface area (Å²) in [5.74, 6) is -3.76. The van der Waals surface area contributed by atoms with Crippen molar-refractivity contribution < 1.29 is 32.6 Å². The highest BCUT2D eigenvalue weighted by Crippen LogP contribution is 2.24. The third-order valence-corrected chi connectivity index (χ3v) is 4.28. The molecule has 0 atom stereocenters. The summed E-state index contributed by atoms with van der Waals surface area (Å²) in [4.78, 5) is 36.2. The van der Waals surface area contributed by atoms with Gasteiger partial charge in [-0.25, -0.2) is 13.6 Å². The van der Waals surface area contributed by atoms with Crippen LogP contribution in [0.2, 0.25) is 0 Å². The van der Waals surface area contributed by atoms with E-state index in [1.54, 1.807) is 24.3 Å². The lowest BCUT2D eigenvalue weighted by atomic mass is 10.2.